The first-order chi connectivity index (χ1) is 10.8. The Bertz CT molecular complexity index is 832. The molecular formula is C15H15N5OS. The molecule has 0 spiro atoms. The summed E-state index contributed by atoms with van der Waals surface area (Å²) in [7, 11) is 0. The molecule has 0 aliphatic carbocycles. The Morgan fingerprint density at radius 2 is 2.27 bits per heavy atom. The van der Waals surface area contributed by atoms with Crippen molar-refractivity contribution in [3.05, 3.63) is 35.7 Å². The van der Waals surface area contributed by atoms with E-state index < -0.39 is 0 Å². The van der Waals surface area contributed by atoms with Gasteiger partial charge in [-0.05, 0) is 24.5 Å². The summed E-state index contributed by atoms with van der Waals surface area (Å²) in [6.45, 7) is 1.28. The first-order valence-corrected chi connectivity index (χ1v) is 8.27. The lowest BCUT2D eigenvalue weighted by molar-refractivity contribution is 0.109. The van der Waals surface area contributed by atoms with Crippen molar-refractivity contribution >= 4 is 34.2 Å². The summed E-state index contributed by atoms with van der Waals surface area (Å²) in [5.74, 6) is 0.830. The van der Waals surface area contributed by atoms with Crippen LogP contribution < -0.4 is 5.32 Å². The van der Waals surface area contributed by atoms with Crippen molar-refractivity contribution in [1.82, 2.24) is 20.2 Å². The zero-order chi connectivity index (χ0) is 14.9. The maximum atomic E-state index is 5.56. The second kappa shape index (κ2) is 5.58. The Kier molecular flexibility index (Phi) is 3.44. The van der Waals surface area contributed by atoms with Crippen molar-refractivity contribution < 1.29 is 4.74 Å². The van der Waals surface area contributed by atoms with Crippen LogP contribution in [0.5, 0.6) is 0 Å². The minimum Gasteiger partial charge on any atom is -0.376 e. The lowest BCUT2D eigenvalue weighted by Crippen LogP contribution is -2.15. The maximum absolute atomic E-state index is 5.56. The molecule has 0 bridgehead atoms. The molecule has 0 atom stereocenters. The SMILES string of the molecule is CSc1nc2c(c(Nc3ccc4[nH]ncc4c3)n1)COCC2. The molecule has 1 aliphatic rings. The van der Waals surface area contributed by atoms with E-state index in [0.717, 1.165) is 51.8 Å². The zero-order valence-electron chi connectivity index (χ0n) is 12.1. The van der Waals surface area contributed by atoms with Crippen LogP contribution in [0.3, 0.4) is 0 Å². The number of thioether (sulfide) groups is 1. The van der Waals surface area contributed by atoms with Gasteiger partial charge in [0.1, 0.15) is 5.82 Å². The van der Waals surface area contributed by atoms with Gasteiger partial charge in [0.2, 0.25) is 0 Å². The van der Waals surface area contributed by atoms with Gasteiger partial charge in [-0.3, -0.25) is 5.10 Å². The molecule has 2 N–H and O–H groups in total. The Labute approximate surface area is 131 Å². The molecule has 2 aromatic heterocycles. The molecule has 0 fully saturated rings. The van der Waals surface area contributed by atoms with E-state index in [1.165, 1.54) is 0 Å². The number of H-pyrrole nitrogens is 1. The monoisotopic (exact) mass is 313 g/mol. The molecule has 3 aromatic rings. The Morgan fingerprint density at radius 1 is 1.32 bits per heavy atom. The molecule has 112 valence electrons. The number of fused-ring (bicyclic) bond motifs is 2. The van der Waals surface area contributed by atoms with Crippen LogP contribution in [-0.2, 0) is 17.8 Å². The number of aromatic amines is 1. The highest BCUT2D eigenvalue weighted by molar-refractivity contribution is 7.98. The fourth-order valence-corrected chi connectivity index (χ4v) is 2.95. The van der Waals surface area contributed by atoms with Gasteiger partial charge >= 0.3 is 0 Å². The molecule has 0 radical (unpaired) electrons. The van der Waals surface area contributed by atoms with Crippen molar-refractivity contribution in [2.24, 2.45) is 0 Å². The molecule has 3 heterocycles. The lowest BCUT2D eigenvalue weighted by Gasteiger charge is -2.19. The third kappa shape index (κ3) is 2.42. The molecular weight excluding hydrogens is 298 g/mol. The highest BCUT2D eigenvalue weighted by Gasteiger charge is 2.18. The third-order valence-corrected chi connectivity index (χ3v) is 4.24. The lowest BCUT2D eigenvalue weighted by atomic mass is 10.1. The van der Waals surface area contributed by atoms with Crippen molar-refractivity contribution in [3.63, 3.8) is 0 Å². The van der Waals surface area contributed by atoms with E-state index in [1.807, 2.05) is 24.6 Å². The predicted octanol–water partition coefficient (Wildman–Crippen LogP) is 2.89. The normalized spacial score (nSPS) is 14.0. The number of nitrogens with one attached hydrogen (secondary N) is 2. The van der Waals surface area contributed by atoms with Crippen LogP contribution in [0.1, 0.15) is 11.3 Å². The Morgan fingerprint density at radius 3 is 3.18 bits per heavy atom. The summed E-state index contributed by atoms with van der Waals surface area (Å²) in [5, 5.41) is 12.2. The third-order valence-electron chi connectivity index (χ3n) is 3.69. The number of aromatic nitrogens is 4. The average molecular weight is 313 g/mol. The van der Waals surface area contributed by atoms with Gasteiger partial charge in [0.15, 0.2) is 5.16 Å². The van der Waals surface area contributed by atoms with Crippen LogP contribution in [-0.4, -0.2) is 33.0 Å². The molecule has 0 saturated heterocycles. The molecule has 0 unspecified atom stereocenters. The average Bonchev–Trinajstić information content (AvgIpc) is 3.02. The zero-order valence-corrected chi connectivity index (χ0v) is 12.9. The van der Waals surface area contributed by atoms with Crippen LogP contribution >= 0.6 is 11.8 Å². The summed E-state index contributed by atoms with van der Waals surface area (Å²) < 4.78 is 5.56. The van der Waals surface area contributed by atoms with Crippen molar-refractivity contribution in [2.45, 2.75) is 18.2 Å². The number of anilines is 2. The van der Waals surface area contributed by atoms with Crippen LogP contribution in [0.25, 0.3) is 10.9 Å². The fourth-order valence-electron chi connectivity index (χ4n) is 2.56. The topological polar surface area (TPSA) is 75.7 Å². The summed E-state index contributed by atoms with van der Waals surface area (Å²) in [5.41, 5.74) is 4.13. The van der Waals surface area contributed by atoms with Gasteiger partial charge in [-0.2, -0.15) is 5.10 Å². The molecule has 22 heavy (non-hydrogen) atoms. The largest absolute Gasteiger partial charge is 0.376 e. The van der Waals surface area contributed by atoms with Gasteiger partial charge in [-0.25, -0.2) is 9.97 Å². The van der Waals surface area contributed by atoms with Crippen LogP contribution in [0.4, 0.5) is 11.5 Å². The quantitative estimate of drug-likeness (QED) is 0.572. The minimum atomic E-state index is 0.556. The molecule has 0 amide bonds. The van der Waals surface area contributed by atoms with E-state index in [4.69, 9.17) is 4.74 Å². The molecule has 6 nitrogen and oxygen atoms in total. The first-order valence-electron chi connectivity index (χ1n) is 7.05. The van der Waals surface area contributed by atoms with Gasteiger partial charge in [0.05, 0.1) is 30.6 Å². The smallest absolute Gasteiger partial charge is 0.189 e. The Hall–Kier alpha value is -2.12. The minimum absolute atomic E-state index is 0.556. The van der Waals surface area contributed by atoms with Crippen molar-refractivity contribution in [1.29, 1.82) is 0 Å². The van der Waals surface area contributed by atoms with E-state index in [1.54, 1.807) is 11.8 Å². The van der Waals surface area contributed by atoms with Crippen LogP contribution in [0.2, 0.25) is 0 Å². The number of rotatable bonds is 3. The number of hydrogen-bond acceptors (Lipinski definition) is 6. The molecule has 7 heteroatoms. The Balaban J connectivity index is 1.74. The highest BCUT2D eigenvalue weighted by Crippen LogP contribution is 2.28. The first kappa shape index (κ1) is 13.5. The second-order valence-electron chi connectivity index (χ2n) is 5.08. The summed E-state index contributed by atoms with van der Waals surface area (Å²) in [6, 6.07) is 6.07. The maximum Gasteiger partial charge on any atom is 0.189 e. The standard InChI is InChI=1S/C15H15N5OS/c1-22-15-18-13-4-5-21-8-11(13)14(19-15)17-10-2-3-12-9(6-10)7-16-20-12/h2-3,6-7H,4-5,8H2,1H3,(H,16,20)(H,17,18,19). The number of hydrogen-bond donors (Lipinski definition) is 2. The number of benzene rings is 1. The van der Waals surface area contributed by atoms with Crippen LogP contribution in [0.15, 0.2) is 29.6 Å². The number of nitrogens with zero attached hydrogens (tertiary/aromatic N) is 3. The second-order valence-corrected chi connectivity index (χ2v) is 5.86. The van der Waals surface area contributed by atoms with Gasteiger partial charge in [0, 0.05) is 23.1 Å². The van der Waals surface area contributed by atoms with Crippen molar-refractivity contribution in [3.8, 4) is 0 Å². The van der Waals surface area contributed by atoms with E-state index in [9.17, 15) is 0 Å². The summed E-state index contributed by atoms with van der Waals surface area (Å²) >= 11 is 1.55. The van der Waals surface area contributed by atoms with E-state index >= 15 is 0 Å². The summed E-state index contributed by atoms with van der Waals surface area (Å²) in [4.78, 5) is 9.20. The highest BCUT2D eigenvalue weighted by atomic mass is 32.2. The molecule has 1 aromatic carbocycles. The van der Waals surface area contributed by atoms with E-state index in [0.29, 0.717) is 6.61 Å². The van der Waals surface area contributed by atoms with Gasteiger partial charge in [-0.1, -0.05) is 11.8 Å². The molecule has 1 aliphatic heterocycles. The van der Waals surface area contributed by atoms with Gasteiger partial charge < -0.3 is 10.1 Å². The van der Waals surface area contributed by atoms with Crippen LogP contribution in [0, 0.1) is 0 Å². The fraction of sp³-hybridized carbons (Fsp3) is 0.267. The van der Waals surface area contributed by atoms with Gasteiger partial charge in [0.25, 0.3) is 0 Å². The number of ether oxygens (including phenoxy) is 1. The summed E-state index contributed by atoms with van der Waals surface area (Å²) in [6.07, 6.45) is 4.63. The predicted molar refractivity (Wildman–Crippen MR) is 86.5 cm³/mol. The van der Waals surface area contributed by atoms with E-state index in [-0.39, 0.29) is 0 Å². The van der Waals surface area contributed by atoms with Gasteiger partial charge in [-0.15, -0.1) is 0 Å². The molecule has 4 rings (SSSR count). The molecule has 0 saturated carbocycles. The van der Waals surface area contributed by atoms with E-state index in [2.05, 4.69) is 31.5 Å². The van der Waals surface area contributed by atoms with Crippen molar-refractivity contribution in [2.75, 3.05) is 18.2 Å².